The molecule has 2 bridgehead atoms. The molecule has 160 valence electrons. The first-order valence-electron chi connectivity index (χ1n) is 11.0. The number of nitrogens with one attached hydrogen (secondary N) is 1. The van der Waals surface area contributed by atoms with Gasteiger partial charge in [0.25, 0.3) is 0 Å². The highest BCUT2D eigenvalue weighted by Gasteiger charge is 2.67. The number of methoxy groups -OCH3 is 1. The Morgan fingerprint density at radius 1 is 1.27 bits per heavy atom. The summed E-state index contributed by atoms with van der Waals surface area (Å²) >= 11 is 0. The van der Waals surface area contributed by atoms with E-state index in [1.807, 2.05) is 55.2 Å². The third-order valence-electron chi connectivity index (χ3n) is 7.50. The van der Waals surface area contributed by atoms with Crippen molar-refractivity contribution < 1.29 is 19.1 Å². The highest BCUT2D eigenvalue weighted by molar-refractivity contribution is 5.93. The van der Waals surface area contributed by atoms with E-state index in [1.54, 1.807) is 7.11 Å². The predicted molar refractivity (Wildman–Crippen MR) is 112 cm³/mol. The van der Waals surface area contributed by atoms with E-state index < -0.39 is 23.0 Å². The van der Waals surface area contributed by atoms with Crippen molar-refractivity contribution in [3.8, 4) is 5.75 Å². The quantitative estimate of drug-likeness (QED) is 0.758. The maximum Gasteiger partial charge on any atom is 0.230 e. The summed E-state index contributed by atoms with van der Waals surface area (Å²) in [5, 5.41) is 3.38. The molecule has 0 unspecified atom stereocenters. The number of para-hydroxylation sites is 1. The van der Waals surface area contributed by atoms with Gasteiger partial charge in [0.05, 0.1) is 37.1 Å². The molecular weight excluding hydrogens is 380 g/mol. The van der Waals surface area contributed by atoms with Crippen LogP contribution < -0.4 is 10.1 Å². The zero-order valence-electron chi connectivity index (χ0n) is 17.9. The minimum Gasteiger partial charge on any atom is -0.496 e. The molecule has 4 aliphatic rings. The van der Waals surface area contributed by atoms with Gasteiger partial charge in [0.15, 0.2) is 0 Å². The zero-order valence-corrected chi connectivity index (χ0v) is 17.9. The number of carbonyl (C=O) groups excluding carboxylic acids is 2. The summed E-state index contributed by atoms with van der Waals surface area (Å²) in [6.07, 6.45) is 7.50. The van der Waals surface area contributed by atoms with Crippen molar-refractivity contribution in [2.45, 2.75) is 62.8 Å². The number of hydrogen-bond acceptors (Lipinski definition) is 4. The first kappa shape index (κ1) is 19.6. The lowest BCUT2D eigenvalue weighted by Crippen LogP contribution is -2.51. The first-order valence-corrected chi connectivity index (χ1v) is 11.0. The van der Waals surface area contributed by atoms with Crippen molar-refractivity contribution in [3.05, 3.63) is 42.0 Å². The largest absolute Gasteiger partial charge is 0.496 e. The molecule has 6 heteroatoms. The average Bonchev–Trinajstić information content (AvgIpc) is 3.49. The summed E-state index contributed by atoms with van der Waals surface area (Å²) in [5.41, 5.74) is -0.0856. The van der Waals surface area contributed by atoms with Crippen LogP contribution in [0.15, 0.2) is 36.4 Å². The lowest BCUT2D eigenvalue weighted by atomic mass is 9.76. The first-order chi connectivity index (χ1) is 14.4. The molecule has 3 aliphatic heterocycles. The summed E-state index contributed by atoms with van der Waals surface area (Å²) < 4.78 is 11.9. The molecule has 2 saturated heterocycles. The Balaban J connectivity index is 1.46. The molecule has 1 aliphatic carbocycles. The Labute approximate surface area is 177 Å². The van der Waals surface area contributed by atoms with Crippen LogP contribution in [0, 0.1) is 11.8 Å². The number of hydrogen-bond donors (Lipinski definition) is 1. The van der Waals surface area contributed by atoms with E-state index in [-0.39, 0.29) is 24.0 Å². The minimum atomic E-state index is -0.651. The van der Waals surface area contributed by atoms with Gasteiger partial charge in [-0.15, -0.1) is 0 Å². The molecule has 0 radical (unpaired) electrons. The fourth-order valence-electron chi connectivity index (χ4n) is 6.06. The van der Waals surface area contributed by atoms with Crippen molar-refractivity contribution in [1.29, 1.82) is 0 Å². The Morgan fingerprint density at radius 2 is 2.00 bits per heavy atom. The van der Waals surface area contributed by atoms with E-state index in [0.717, 1.165) is 37.0 Å². The SMILES string of the molecule is COc1ccccc1C1(NC(=O)[C@@H]2[C@H]3C(=O)N(C(C)C)C[C@@]34C=C[C@H]2O4)CCCC1. The number of fused-ring (bicyclic) bond motifs is 1. The van der Waals surface area contributed by atoms with Gasteiger partial charge in [-0.2, -0.15) is 0 Å². The van der Waals surface area contributed by atoms with Crippen LogP contribution >= 0.6 is 0 Å². The number of carbonyl (C=O) groups is 2. The number of ether oxygens (including phenoxy) is 2. The van der Waals surface area contributed by atoms with Gasteiger partial charge in [-0.25, -0.2) is 0 Å². The second kappa shape index (κ2) is 6.84. The Kier molecular flexibility index (Phi) is 4.47. The van der Waals surface area contributed by atoms with Crippen LogP contribution in [-0.2, 0) is 19.9 Å². The van der Waals surface area contributed by atoms with Gasteiger partial charge >= 0.3 is 0 Å². The zero-order chi connectivity index (χ0) is 21.1. The van der Waals surface area contributed by atoms with Gasteiger partial charge in [0, 0.05) is 11.6 Å². The molecule has 30 heavy (non-hydrogen) atoms. The fraction of sp³-hybridized carbons (Fsp3) is 0.583. The lowest BCUT2D eigenvalue weighted by molar-refractivity contribution is -0.139. The summed E-state index contributed by atoms with van der Waals surface area (Å²) in [6, 6.07) is 8.02. The molecule has 1 spiro atoms. The van der Waals surface area contributed by atoms with E-state index in [9.17, 15) is 9.59 Å². The van der Waals surface area contributed by atoms with Gasteiger partial charge in [-0.1, -0.05) is 43.2 Å². The van der Waals surface area contributed by atoms with Crippen molar-refractivity contribution in [2.24, 2.45) is 11.8 Å². The van der Waals surface area contributed by atoms with Crippen LogP contribution in [0.4, 0.5) is 0 Å². The molecule has 5 rings (SSSR count). The summed E-state index contributed by atoms with van der Waals surface area (Å²) in [4.78, 5) is 28.8. The van der Waals surface area contributed by atoms with Crippen LogP contribution in [0.25, 0.3) is 0 Å². The molecule has 1 aromatic rings. The smallest absolute Gasteiger partial charge is 0.230 e. The maximum absolute atomic E-state index is 13.7. The molecule has 2 amide bonds. The summed E-state index contributed by atoms with van der Waals surface area (Å²) in [7, 11) is 1.67. The molecule has 1 saturated carbocycles. The van der Waals surface area contributed by atoms with Gasteiger partial charge in [-0.05, 0) is 32.8 Å². The maximum atomic E-state index is 13.7. The normalized spacial score (nSPS) is 33.4. The third kappa shape index (κ3) is 2.66. The second-order valence-electron chi connectivity index (χ2n) is 9.44. The number of nitrogens with zero attached hydrogens (tertiary/aromatic N) is 1. The molecule has 3 heterocycles. The highest BCUT2D eigenvalue weighted by Crippen LogP contribution is 2.53. The van der Waals surface area contributed by atoms with Crippen molar-refractivity contribution in [3.63, 3.8) is 0 Å². The van der Waals surface area contributed by atoms with E-state index in [1.165, 1.54) is 0 Å². The van der Waals surface area contributed by atoms with Gasteiger partial charge < -0.3 is 19.7 Å². The molecule has 1 aromatic carbocycles. The van der Waals surface area contributed by atoms with Crippen LogP contribution in [0.5, 0.6) is 5.75 Å². The van der Waals surface area contributed by atoms with Gasteiger partial charge in [-0.3, -0.25) is 9.59 Å². The summed E-state index contributed by atoms with van der Waals surface area (Å²) in [6.45, 7) is 4.55. The molecule has 1 N–H and O–H groups in total. The van der Waals surface area contributed by atoms with Crippen LogP contribution in [0.3, 0.4) is 0 Å². The lowest BCUT2D eigenvalue weighted by Gasteiger charge is -2.35. The standard InChI is InChI=1S/C24H30N2O4/c1-15(2)26-14-24-13-10-18(30-24)19(20(24)22(26)28)21(27)25-23(11-6-7-12-23)16-8-4-5-9-17(16)29-3/h4-5,8-10,13,15,18-20H,6-7,11-12,14H2,1-3H3,(H,25,27)/t18-,19+,20+,24+/m1/s1. The predicted octanol–water partition coefficient (Wildman–Crippen LogP) is 2.77. The van der Waals surface area contributed by atoms with E-state index in [0.29, 0.717) is 6.54 Å². The average molecular weight is 411 g/mol. The van der Waals surface area contributed by atoms with E-state index >= 15 is 0 Å². The second-order valence-corrected chi connectivity index (χ2v) is 9.44. The van der Waals surface area contributed by atoms with Crippen LogP contribution in [-0.4, -0.2) is 48.1 Å². The van der Waals surface area contributed by atoms with Crippen molar-refractivity contribution in [2.75, 3.05) is 13.7 Å². The minimum absolute atomic E-state index is 0.0368. The third-order valence-corrected chi connectivity index (χ3v) is 7.50. The number of rotatable bonds is 5. The molecule has 6 nitrogen and oxygen atoms in total. The van der Waals surface area contributed by atoms with Gasteiger partial charge in [0.2, 0.25) is 11.8 Å². The summed E-state index contributed by atoms with van der Waals surface area (Å²) in [5.74, 6) is -0.176. The van der Waals surface area contributed by atoms with Crippen LogP contribution in [0.1, 0.15) is 45.1 Å². The number of benzene rings is 1. The van der Waals surface area contributed by atoms with Crippen molar-refractivity contribution in [1.82, 2.24) is 10.2 Å². The topological polar surface area (TPSA) is 67.9 Å². The van der Waals surface area contributed by atoms with E-state index in [4.69, 9.17) is 9.47 Å². The Hall–Kier alpha value is -2.34. The number of amides is 2. The Bertz CT molecular complexity index is 904. The molecule has 3 fully saturated rings. The van der Waals surface area contributed by atoms with Crippen LogP contribution in [0.2, 0.25) is 0 Å². The fourth-order valence-corrected chi connectivity index (χ4v) is 6.06. The van der Waals surface area contributed by atoms with Crippen molar-refractivity contribution >= 4 is 11.8 Å². The molecular formula is C24H30N2O4. The van der Waals surface area contributed by atoms with E-state index in [2.05, 4.69) is 5.32 Å². The molecule has 0 aromatic heterocycles. The Morgan fingerprint density at radius 3 is 2.70 bits per heavy atom. The van der Waals surface area contributed by atoms with Gasteiger partial charge in [0.1, 0.15) is 11.4 Å². The number of likely N-dealkylation sites (tertiary alicyclic amines) is 1. The monoisotopic (exact) mass is 410 g/mol. The highest BCUT2D eigenvalue weighted by atomic mass is 16.5. The molecule has 4 atom stereocenters.